The van der Waals surface area contributed by atoms with Crippen molar-refractivity contribution in [1.29, 1.82) is 0 Å². The third-order valence-corrected chi connectivity index (χ3v) is 4.95. The van der Waals surface area contributed by atoms with Gasteiger partial charge in [-0.2, -0.15) is 0 Å². The second-order valence-electron chi connectivity index (χ2n) is 6.06. The second-order valence-corrected chi connectivity index (χ2v) is 6.92. The molecular weight excluding hydrogens is 338 g/mol. The van der Waals surface area contributed by atoms with Crippen molar-refractivity contribution in [2.45, 2.75) is 19.8 Å². The number of carbonyl (C=O) groups is 3. The molecule has 1 aliphatic heterocycles. The van der Waals surface area contributed by atoms with Gasteiger partial charge < -0.3 is 10.2 Å². The smallest absolute Gasteiger partial charge is 0.231 e. The van der Waals surface area contributed by atoms with E-state index in [-0.39, 0.29) is 29.9 Å². The van der Waals surface area contributed by atoms with Gasteiger partial charge in [-0.15, -0.1) is 11.3 Å². The van der Waals surface area contributed by atoms with Gasteiger partial charge in [0.2, 0.25) is 11.8 Å². The monoisotopic (exact) mass is 357 g/mol. The summed E-state index contributed by atoms with van der Waals surface area (Å²) in [5, 5.41) is 4.72. The van der Waals surface area contributed by atoms with E-state index in [1.54, 1.807) is 10.3 Å². The average Bonchev–Trinajstić information content (AvgIpc) is 3.21. The van der Waals surface area contributed by atoms with Crippen LogP contribution in [-0.4, -0.2) is 40.6 Å². The summed E-state index contributed by atoms with van der Waals surface area (Å²) in [5.74, 6) is -0.743. The molecule has 3 rings (SSSR count). The molecule has 1 aromatic heterocycles. The summed E-state index contributed by atoms with van der Waals surface area (Å²) in [6, 6.07) is 9.96. The molecule has 1 fully saturated rings. The maximum atomic E-state index is 12.4. The van der Waals surface area contributed by atoms with Gasteiger partial charge in [-0.1, -0.05) is 30.3 Å². The van der Waals surface area contributed by atoms with Crippen molar-refractivity contribution in [2.75, 3.05) is 18.4 Å². The quantitative estimate of drug-likeness (QED) is 0.805. The molecule has 0 spiro atoms. The van der Waals surface area contributed by atoms with Crippen LogP contribution in [0.5, 0.6) is 0 Å². The number of carbonyl (C=O) groups excluding carboxylic acids is 3. The minimum absolute atomic E-state index is 0.000329. The molecule has 1 unspecified atom stereocenters. The molecule has 0 aliphatic carbocycles. The molecule has 0 saturated carbocycles. The lowest BCUT2D eigenvalue weighted by Crippen LogP contribution is -2.30. The van der Waals surface area contributed by atoms with Gasteiger partial charge in [0.15, 0.2) is 10.9 Å². The van der Waals surface area contributed by atoms with E-state index in [1.807, 2.05) is 30.3 Å². The lowest BCUT2D eigenvalue weighted by atomic mass is 10.1. The van der Waals surface area contributed by atoms with Crippen LogP contribution < -0.4 is 5.32 Å². The number of hydrogen-bond donors (Lipinski definition) is 1. The zero-order valence-corrected chi connectivity index (χ0v) is 14.7. The van der Waals surface area contributed by atoms with Gasteiger partial charge >= 0.3 is 0 Å². The first-order valence-corrected chi connectivity index (χ1v) is 9.00. The van der Waals surface area contributed by atoms with Crippen molar-refractivity contribution in [3.05, 3.63) is 47.0 Å². The molecule has 0 bridgehead atoms. The number of nitrogens with one attached hydrogen (secondary N) is 1. The minimum atomic E-state index is -0.382. The van der Waals surface area contributed by atoms with Crippen LogP contribution in [0.4, 0.5) is 5.13 Å². The number of anilines is 1. The van der Waals surface area contributed by atoms with Crippen LogP contribution in [-0.2, 0) is 16.0 Å². The number of ketones is 1. The number of likely N-dealkylation sites (tertiary alicyclic amines) is 1. The van der Waals surface area contributed by atoms with Crippen LogP contribution >= 0.6 is 11.3 Å². The van der Waals surface area contributed by atoms with E-state index in [1.165, 1.54) is 23.8 Å². The number of amides is 2. The first kappa shape index (κ1) is 17.3. The van der Waals surface area contributed by atoms with Crippen LogP contribution in [0.25, 0.3) is 0 Å². The molecule has 1 aromatic carbocycles. The Hall–Kier alpha value is -2.54. The minimum Gasteiger partial charge on any atom is -0.342 e. The van der Waals surface area contributed by atoms with Gasteiger partial charge in [-0.25, -0.2) is 4.98 Å². The van der Waals surface area contributed by atoms with Gasteiger partial charge in [0.1, 0.15) is 5.69 Å². The maximum Gasteiger partial charge on any atom is 0.231 e. The largest absolute Gasteiger partial charge is 0.342 e. The van der Waals surface area contributed by atoms with Crippen molar-refractivity contribution >= 4 is 34.1 Å². The van der Waals surface area contributed by atoms with Crippen molar-refractivity contribution in [3.8, 4) is 0 Å². The third kappa shape index (κ3) is 4.30. The van der Waals surface area contributed by atoms with E-state index in [9.17, 15) is 14.4 Å². The van der Waals surface area contributed by atoms with Crippen molar-refractivity contribution in [1.82, 2.24) is 9.88 Å². The zero-order valence-electron chi connectivity index (χ0n) is 13.9. The molecule has 130 valence electrons. The van der Waals surface area contributed by atoms with Crippen LogP contribution in [0.15, 0.2) is 35.7 Å². The van der Waals surface area contributed by atoms with E-state index < -0.39 is 0 Å². The Balaban J connectivity index is 1.54. The van der Waals surface area contributed by atoms with Gasteiger partial charge in [-0.05, 0) is 12.0 Å². The van der Waals surface area contributed by atoms with Crippen LogP contribution in [0.3, 0.4) is 0 Å². The van der Waals surface area contributed by atoms with E-state index in [4.69, 9.17) is 0 Å². The van der Waals surface area contributed by atoms with Crippen LogP contribution in [0.2, 0.25) is 0 Å². The zero-order chi connectivity index (χ0) is 17.8. The molecule has 1 N–H and O–H groups in total. The molecule has 2 heterocycles. The van der Waals surface area contributed by atoms with Gasteiger partial charge in [0, 0.05) is 31.8 Å². The highest BCUT2D eigenvalue weighted by molar-refractivity contribution is 7.14. The SMILES string of the molecule is CC(=O)c1csc(NC(=O)C2CC(=O)N(CCc3ccccc3)C2)n1. The Morgan fingerprint density at radius 2 is 2.08 bits per heavy atom. The molecule has 1 saturated heterocycles. The lowest BCUT2D eigenvalue weighted by Gasteiger charge is -2.16. The predicted octanol–water partition coefficient (Wildman–Crippen LogP) is 2.38. The van der Waals surface area contributed by atoms with Crippen LogP contribution in [0.1, 0.15) is 29.4 Å². The van der Waals surface area contributed by atoms with Crippen molar-refractivity contribution < 1.29 is 14.4 Å². The molecule has 2 amide bonds. The molecule has 7 heteroatoms. The normalized spacial score (nSPS) is 16.9. The summed E-state index contributed by atoms with van der Waals surface area (Å²) in [4.78, 5) is 41.6. The Bertz CT molecular complexity index is 788. The number of aromatic nitrogens is 1. The van der Waals surface area contributed by atoms with Crippen molar-refractivity contribution in [2.24, 2.45) is 5.92 Å². The van der Waals surface area contributed by atoms with Crippen molar-refractivity contribution in [3.63, 3.8) is 0 Å². The van der Waals surface area contributed by atoms with E-state index in [2.05, 4.69) is 10.3 Å². The average molecular weight is 357 g/mol. The first-order chi connectivity index (χ1) is 12.0. The topological polar surface area (TPSA) is 79.4 Å². The summed E-state index contributed by atoms with van der Waals surface area (Å²) in [7, 11) is 0. The van der Waals surface area contributed by atoms with Gasteiger partial charge in [0.05, 0.1) is 5.92 Å². The highest BCUT2D eigenvalue weighted by Crippen LogP contribution is 2.22. The molecule has 2 aromatic rings. The standard InChI is InChI=1S/C18H19N3O3S/c1-12(22)15-11-25-18(19-15)20-17(24)14-9-16(23)21(10-14)8-7-13-5-3-2-4-6-13/h2-6,11,14H,7-10H2,1H3,(H,19,20,24). The van der Waals surface area contributed by atoms with E-state index >= 15 is 0 Å². The molecule has 0 radical (unpaired) electrons. The fraction of sp³-hybridized carbons (Fsp3) is 0.333. The highest BCUT2D eigenvalue weighted by Gasteiger charge is 2.34. The van der Waals surface area contributed by atoms with E-state index in [0.29, 0.717) is 23.9 Å². The summed E-state index contributed by atoms with van der Waals surface area (Å²) in [6.45, 7) is 2.46. The Kier molecular flexibility index (Phi) is 5.23. The Morgan fingerprint density at radius 1 is 1.32 bits per heavy atom. The van der Waals surface area contributed by atoms with Gasteiger partial charge in [-0.3, -0.25) is 14.4 Å². The molecule has 6 nitrogen and oxygen atoms in total. The summed E-state index contributed by atoms with van der Waals surface area (Å²) < 4.78 is 0. The number of rotatable bonds is 6. The lowest BCUT2D eigenvalue weighted by molar-refractivity contribution is -0.128. The number of Topliss-reactive ketones (excluding diaryl/α,β-unsaturated/α-hetero) is 1. The number of thiazole rings is 1. The Morgan fingerprint density at radius 3 is 2.76 bits per heavy atom. The molecule has 1 atom stereocenters. The summed E-state index contributed by atoms with van der Waals surface area (Å²) in [5.41, 5.74) is 1.51. The molecule has 25 heavy (non-hydrogen) atoms. The number of nitrogens with zero attached hydrogens (tertiary/aromatic N) is 2. The second kappa shape index (κ2) is 7.57. The Labute approximate surface area is 149 Å². The highest BCUT2D eigenvalue weighted by atomic mass is 32.1. The maximum absolute atomic E-state index is 12.4. The summed E-state index contributed by atoms with van der Waals surface area (Å²) >= 11 is 1.21. The first-order valence-electron chi connectivity index (χ1n) is 8.12. The van der Waals surface area contributed by atoms with Crippen LogP contribution in [0, 0.1) is 5.92 Å². The van der Waals surface area contributed by atoms with Gasteiger partial charge in [0.25, 0.3) is 0 Å². The fourth-order valence-electron chi connectivity index (χ4n) is 2.77. The molecular formula is C18H19N3O3S. The summed E-state index contributed by atoms with van der Waals surface area (Å²) in [6.07, 6.45) is 0.987. The fourth-order valence-corrected chi connectivity index (χ4v) is 3.53. The predicted molar refractivity (Wildman–Crippen MR) is 95.6 cm³/mol. The molecule has 1 aliphatic rings. The number of benzene rings is 1. The third-order valence-electron chi connectivity index (χ3n) is 4.19. The number of hydrogen-bond acceptors (Lipinski definition) is 5. The van der Waals surface area contributed by atoms with E-state index in [0.717, 1.165) is 6.42 Å².